The number of rotatable bonds is 5. The standard InChI is InChI=1S/C19H15ClN4O2S/c1-12-16(27-19-22-8-9-24(12)19)18(25)23-17-15(6-3-7-21-17)26-11-13-4-2-5-14(20)10-13/h2-10H,11H2,1H3,(H,21,23,25). The number of benzene rings is 1. The fourth-order valence-corrected chi connectivity index (χ4v) is 3.85. The highest BCUT2D eigenvalue weighted by Gasteiger charge is 2.18. The summed E-state index contributed by atoms with van der Waals surface area (Å²) in [6.45, 7) is 2.20. The highest BCUT2D eigenvalue weighted by atomic mass is 35.5. The van der Waals surface area contributed by atoms with E-state index < -0.39 is 0 Å². The lowest BCUT2D eigenvalue weighted by Gasteiger charge is -2.11. The summed E-state index contributed by atoms with van der Waals surface area (Å²) < 4.78 is 7.72. The van der Waals surface area contributed by atoms with E-state index in [0.29, 0.717) is 28.1 Å². The van der Waals surface area contributed by atoms with E-state index in [0.717, 1.165) is 16.2 Å². The van der Waals surface area contributed by atoms with Gasteiger partial charge in [-0.25, -0.2) is 9.97 Å². The molecular formula is C19H15ClN4O2S. The first-order chi connectivity index (χ1) is 13.1. The van der Waals surface area contributed by atoms with E-state index in [1.807, 2.05) is 35.7 Å². The van der Waals surface area contributed by atoms with E-state index in [1.54, 1.807) is 30.6 Å². The minimum atomic E-state index is -0.241. The van der Waals surface area contributed by atoms with E-state index in [2.05, 4.69) is 15.3 Å². The van der Waals surface area contributed by atoms with Gasteiger partial charge in [0, 0.05) is 29.3 Å². The topological polar surface area (TPSA) is 68.5 Å². The minimum absolute atomic E-state index is 0.241. The number of amides is 1. The second-order valence-corrected chi connectivity index (χ2v) is 7.23. The number of hydrogen-bond acceptors (Lipinski definition) is 5. The maximum atomic E-state index is 12.7. The summed E-state index contributed by atoms with van der Waals surface area (Å²) in [5, 5.41) is 3.48. The van der Waals surface area contributed by atoms with E-state index >= 15 is 0 Å². The Morgan fingerprint density at radius 3 is 2.96 bits per heavy atom. The second kappa shape index (κ2) is 7.38. The molecule has 6 nitrogen and oxygen atoms in total. The summed E-state index contributed by atoms with van der Waals surface area (Å²) in [4.78, 5) is 22.6. The van der Waals surface area contributed by atoms with Crippen LogP contribution in [0.1, 0.15) is 20.9 Å². The van der Waals surface area contributed by atoms with Crippen molar-refractivity contribution in [3.63, 3.8) is 0 Å². The summed E-state index contributed by atoms with van der Waals surface area (Å²) in [5.41, 5.74) is 1.77. The molecule has 8 heteroatoms. The van der Waals surface area contributed by atoms with Crippen LogP contribution in [0, 0.1) is 6.92 Å². The van der Waals surface area contributed by atoms with Crippen LogP contribution in [0.25, 0.3) is 4.96 Å². The highest BCUT2D eigenvalue weighted by Crippen LogP contribution is 2.26. The molecular weight excluding hydrogens is 384 g/mol. The van der Waals surface area contributed by atoms with Crippen molar-refractivity contribution in [2.45, 2.75) is 13.5 Å². The molecule has 1 aromatic carbocycles. The van der Waals surface area contributed by atoms with E-state index in [1.165, 1.54) is 11.3 Å². The molecule has 0 saturated heterocycles. The van der Waals surface area contributed by atoms with Gasteiger partial charge in [0.05, 0.1) is 0 Å². The molecule has 0 atom stereocenters. The van der Waals surface area contributed by atoms with Crippen molar-refractivity contribution >= 4 is 39.6 Å². The molecule has 0 aliphatic heterocycles. The van der Waals surface area contributed by atoms with Gasteiger partial charge in [-0.05, 0) is 36.8 Å². The predicted molar refractivity (Wildman–Crippen MR) is 106 cm³/mol. The van der Waals surface area contributed by atoms with E-state index in [9.17, 15) is 4.79 Å². The number of anilines is 1. The first-order valence-corrected chi connectivity index (χ1v) is 9.37. The lowest BCUT2D eigenvalue weighted by atomic mass is 10.2. The first kappa shape index (κ1) is 17.5. The highest BCUT2D eigenvalue weighted by molar-refractivity contribution is 7.19. The molecule has 0 aliphatic rings. The first-order valence-electron chi connectivity index (χ1n) is 8.18. The van der Waals surface area contributed by atoms with Gasteiger partial charge in [-0.2, -0.15) is 0 Å². The third kappa shape index (κ3) is 3.65. The average molecular weight is 399 g/mol. The fourth-order valence-electron chi connectivity index (χ4n) is 2.66. The Morgan fingerprint density at radius 1 is 1.26 bits per heavy atom. The van der Waals surface area contributed by atoms with Crippen molar-refractivity contribution in [2.24, 2.45) is 0 Å². The smallest absolute Gasteiger partial charge is 0.268 e. The molecule has 1 amide bonds. The predicted octanol–water partition coefficient (Wildman–Crippen LogP) is 4.58. The number of nitrogens with zero attached hydrogens (tertiary/aromatic N) is 3. The zero-order chi connectivity index (χ0) is 18.8. The Morgan fingerprint density at radius 2 is 2.15 bits per heavy atom. The molecule has 0 aliphatic carbocycles. The zero-order valence-electron chi connectivity index (χ0n) is 14.3. The SMILES string of the molecule is Cc1c(C(=O)Nc2ncccc2OCc2cccc(Cl)c2)sc2nccn12. The van der Waals surface area contributed by atoms with Crippen molar-refractivity contribution in [1.29, 1.82) is 0 Å². The Balaban J connectivity index is 1.53. The molecule has 0 fully saturated rings. The van der Waals surface area contributed by atoms with Crippen LogP contribution in [0.5, 0.6) is 5.75 Å². The number of halogens is 1. The summed E-state index contributed by atoms with van der Waals surface area (Å²) in [6.07, 6.45) is 5.15. The summed E-state index contributed by atoms with van der Waals surface area (Å²) in [6, 6.07) is 10.9. The van der Waals surface area contributed by atoms with Crippen LogP contribution in [0.2, 0.25) is 5.02 Å². The monoisotopic (exact) mass is 398 g/mol. The molecule has 0 saturated carbocycles. The van der Waals surface area contributed by atoms with Gasteiger partial charge in [0.25, 0.3) is 5.91 Å². The van der Waals surface area contributed by atoms with Crippen LogP contribution < -0.4 is 10.1 Å². The van der Waals surface area contributed by atoms with Gasteiger partial charge in [-0.15, -0.1) is 0 Å². The van der Waals surface area contributed by atoms with Gasteiger partial charge in [0.15, 0.2) is 16.5 Å². The van der Waals surface area contributed by atoms with Gasteiger partial charge in [-0.1, -0.05) is 35.1 Å². The lowest BCUT2D eigenvalue weighted by Crippen LogP contribution is -2.14. The van der Waals surface area contributed by atoms with Gasteiger partial charge < -0.3 is 10.1 Å². The number of aromatic nitrogens is 3. The molecule has 0 spiro atoms. The molecule has 27 heavy (non-hydrogen) atoms. The molecule has 4 aromatic rings. The van der Waals surface area contributed by atoms with Crippen molar-refractivity contribution in [2.75, 3.05) is 5.32 Å². The van der Waals surface area contributed by atoms with Crippen molar-refractivity contribution < 1.29 is 9.53 Å². The van der Waals surface area contributed by atoms with Crippen molar-refractivity contribution in [3.05, 3.63) is 76.1 Å². The number of pyridine rings is 1. The molecule has 0 radical (unpaired) electrons. The van der Waals surface area contributed by atoms with Crippen LogP contribution in [-0.2, 0) is 6.61 Å². The van der Waals surface area contributed by atoms with Crippen LogP contribution in [0.4, 0.5) is 5.82 Å². The molecule has 3 aromatic heterocycles. The Bertz CT molecular complexity index is 1120. The van der Waals surface area contributed by atoms with Crippen LogP contribution >= 0.6 is 22.9 Å². The Labute approximate surface area is 164 Å². The van der Waals surface area contributed by atoms with Crippen molar-refractivity contribution in [1.82, 2.24) is 14.4 Å². The molecule has 136 valence electrons. The second-order valence-electron chi connectivity index (χ2n) is 5.82. The average Bonchev–Trinajstić information content (AvgIpc) is 3.24. The van der Waals surface area contributed by atoms with Gasteiger partial charge in [0.1, 0.15) is 11.5 Å². The minimum Gasteiger partial charge on any atom is -0.485 e. The molecule has 1 N–H and O–H groups in total. The number of carbonyl (C=O) groups is 1. The normalized spacial score (nSPS) is 10.9. The molecule has 4 rings (SSSR count). The van der Waals surface area contributed by atoms with Crippen LogP contribution in [0.3, 0.4) is 0 Å². The number of hydrogen-bond donors (Lipinski definition) is 1. The number of fused-ring (bicyclic) bond motifs is 1. The van der Waals surface area contributed by atoms with Crippen LogP contribution in [0.15, 0.2) is 55.0 Å². The molecule has 0 bridgehead atoms. The Hall–Kier alpha value is -2.90. The van der Waals surface area contributed by atoms with Crippen molar-refractivity contribution in [3.8, 4) is 5.75 Å². The third-order valence-corrected chi connectivity index (χ3v) is 5.39. The lowest BCUT2D eigenvalue weighted by molar-refractivity contribution is 0.102. The van der Waals surface area contributed by atoms with Gasteiger partial charge in [0.2, 0.25) is 0 Å². The maximum absolute atomic E-state index is 12.7. The maximum Gasteiger partial charge on any atom is 0.268 e. The van der Waals surface area contributed by atoms with Gasteiger partial charge in [-0.3, -0.25) is 9.20 Å². The zero-order valence-corrected chi connectivity index (χ0v) is 15.9. The van der Waals surface area contributed by atoms with E-state index in [-0.39, 0.29) is 5.91 Å². The number of thiazole rings is 1. The largest absolute Gasteiger partial charge is 0.485 e. The Kier molecular flexibility index (Phi) is 4.79. The number of nitrogens with one attached hydrogen (secondary N) is 1. The number of imidazole rings is 1. The fraction of sp³-hybridized carbons (Fsp3) is 0.105. The van der Waals surface area contributed by atoms with E-state index in [4.69, 9.17) is 16.3 Å². The number of carbonyl (C=O) groups excluding carboxylic acids is 1. The number of aryl methyl sites for hydroxylation is 1. The molecule has 3 heterocycles. The number of ether oxygens (including phenoxy) is 1. The quantitative estimate of drug-likeness (QED) is 0.534. The summed E-state index contributed by atoms with van der Waals surface area (Å²) >= 11 is 7.33. The van der Waals surface area contributed by atoms with Gasteiger partial charge >= 0.3 is 0 Å². The molecule has 0 unspecified atom stereocenters. The van der Waals surface area contributed by atoms with Crippen LogP contribution in [-0.4, -0.2) is 20.3 Å². The summed E-state index contributed by atoms with van der Waals surface area (Å²) in [5.74, 6) is 0.620. The summed E-state index contributed by atoms with van der Waals surface area (Å²) in [7, 11) is 0. The third-order valence-electron chi connectivity index (χ3n) is 3.98.